The summed E-state index contributed by atoms with van der Waals surface area (Å²) in [6.45, 7) is 3.67. The molecule has 0 aromatic heterocycles. The minimum Gasteiger partial charge on any atom is -0.381 e. The van der Waals surface area contributed by atoms with Gasteiger partial charge >= 0.3 is 6.03 Å². The molecule has 1 aliphatic heterocycles. The molecule has 1 fully saturated rings. The molecular formula is C15H21N3O3. The Balaban J connectivity index is 1.75. The van der Waals surface area contributed by atoms with Gasteiger partial charge < -0.3 is 20.7 Å². The largest absolute Gasteiger partial charge is 0.381 e. The van der Waals surface area contributed by atoms with E-state index in [0.717, 1.165) is 26.1 Å². The fourth-order valence-electron chi connectivity index (χ4n) is 2.20. The minimum atomic E-state index is -0.214. The van der Waals surface area contributed by atoms with E-state index in [0.29, 0.717) is 23.8 Å². The van der Waals surface area contributed by atoms with Gasteiger partial charge in [-0.05, 0) is 43.0 Å². The van der Waals surface area contributed by atoms with E-state index in [1.165, 1.54) is 6.92 Å². The van der Waals surface area contributed by atoms with Crippen molar-refractivity contribution in [2.45, 2.75) is 19.8 Å². The number of hydrogen-bond acceptors (Lipinski definition) is 3. The van der Waals surface area contributed by atoms with Gasteiger partial charge in [-0.2, -0.15) is 0 Å². The van der Waals surface area contributed by atoms with Crippen molar-refractivity contribution in [2.75, 3.05) is 30.4 Å². The molecule has 2 rings (SSSR count). The van der Waals surface area contributed by atoms with E-state index in [-0.39, 0.29) is 11.9 Å². The first kappa shape index (κ1) is 15.3. The Bertz CT molecular complexity index is 481. The third kappa shape index (κ3) is 5.43. The number of hydrogen-bond donors (Lipinski definition) is 3. The first-order valence-corrected chi connectivity index (χ1v) is 7.14. The minimum absolute atomic E-state index is 0.120. The fourth-order valence-corrected chi connectivity index (χ4v) is 2.20. The van der Waals surface area contributed by atoms with Gasteiger partial charge in [0.2, 0.25) is 5.91 Å². The molecule has 1 aromatic carbocycles. The van der Waals surface area contributed by atoms with Gasteiger partial charge in [-0.25, -0.2) is 4.79 Å². The molecule has 0 saturated carbocycles. The lowest BCUT2D eigenvalue weighted by atomic mass is 10.0. The third-order valence-corrected chi connectivity index (χ3v) is 3.36. The number of carbonyl (C=O) groups excluding carboxylic acids is 2. The predicted molar refractivity (Wildman–Crippen MR) is 81.3 cm³/mol. The zero-order valence-corrected chi connectivity index (χ0v) is 12.1. The smallest absolute Gasteiger partial charge is 0.319 e. The van der Waals surface area contributed by atoms with Crippen LogP contribution in [0.1, 0.15) is 19.8 Å². The Morgan fingerprint density at radius 1 is 1.10 bits per heavy atom. The molecule has 3 amide bonds. The molecule has 1 heterocycles. The Labute approximate surface area is 124 Å². The quantitative estimate of drug-likeness (QED) is 0.795. The molecule has 6 heteroatoms. The van der Waals surface area contributed by atoms with Crippen LogP contribution in [0.3, 0.4) is 0 Å². The van der Waals surface area contributed by atoms with Gasteiger partial charge in [0.05, 0.1) is 0 Å². The highest BCUT2D eigenvalue weighted by Crippen LogP contribution is 2.14. The summed E-state index contributed by atoms with van der Waals surface area (Å²) in [5, 5.41) is 8.31. The van der Waals surface area contributed by atoms with Crippen LogP contribution in [-0.4, -0.2) is 31.7 Å². The second-order valence-corrected chi connectivity index (χ2v) is 5.15. The van der Waals surface area contributed by atoms with Crippen LogP contribution in [0.2, 0.25) is 0 Å². The lowest BCUT2D eigenvalue weighted by Gasteiger charge is -2.22. The Morgan fingerprint density at radius 2 is 1.67 bits per heavy atom. The number of benzene rings is 1. The van der Waals surface area contributed by atoms with Gasteiger partial charge in [0.1, 0.15) is 0 Å². The second kappa shape index (κ2) is 7.64. The summed E-state index contributed by atoms with van der Waals surface area (Å²) in [5.74, 6) is 0.372. The number of ether oxygens (including phenoxy) is 1. The summed E-state index contributed by atoms with van der Waals surface area (Å²) >= 11 is 0. The van der Waals surface area contributed by atoms with Crippen molar-refractivity contribution in [1.82, 2.24) is 5.32 Å². The fraction of sp³-hybridized carbons (Fsp3) is 0.467. The van der Waals surface area contributed by atoms with Crippen molar-refractivity contribution in [3.63, 3.8) is 0 Å². The van der Waals surface area contributed by atoms with Crippen molar-refractivity contribution < 1.29 is 14.3 Å². The maximum Gasteiger partial charge on any atom is 0.319 e. The molecule has 0 radical (unpaired) electrons. The third-order valence-electron chi connectivity index (χ3n) is 3.36. The van der Waals surface area contributed by atoms with Crippen LogP contribution in [-0.2, 0) is 9.53 Å². The Kier molecular flexibility index (Phi) is 5.57. The normalized spacial score (nSPS) is 15.3. The molecule has 3 N–H and O–H groups in total. The molecule has 0 aliphatic carbocycles. The summed E-state index contributed by atoms with van der Waals surface area (Å²) in [6, 6.07) is 6.78. The first-order valence-electron chi connectivity index (χ1n) is 7.14. The predicted octanol–water partition coefficient (Wildman–Crippen LogP) is 2.19. The van der Waals surface area contributed by atoms with Gasteiger partial charge in [0.15, 0.2) is 0 Å². The molecule has 0 atom stereocenters. The highest BCUT2D eigenvalue weighted by atomic mass is 16.5. The molecule has 6 nitrogen and oxygen atoms in total. The average Bonchev–Trinajstić information content (AvgIpc) is 2.48. The van der Waals surface area contributed by atoms with Crippen LogP contribution < -0.4 is 16.0 Å². The monoisotopic (exact) mass is 291 g/mol. The van der Waals surface area contributed by atoms with E-state index < -0.39 is 0 Å². The van der Waals surface area contributed by atoms with E-state index in [4.69, 9.17) is 4.74 Å². The molecular weight excluding hydrogens is 270 g/mol. The van der Waals surface area contributed by atoms with Gasteiger partial charge in [0.25, 0.3) is 0 Å². The van der Waals surface area contributed by atoms with Crippen LogP contribution in [0.4, 0.5) is 16.2 Å². The van der Waals surface area contributed by atoms with Crippen LogP contribution in [0.25, 0.3) is 0 Å². The van der Waals surface area contributed by atoms with Gasteiger partial charge in [0, 0.05) is 38.1 Å². The Morgan fingerprint density at radius 3 is 2.24 bits per heavy atom. The van der Waals surface area contributed by atoms with E-state index >= 15 is 0 Å². The molecule has 0 spiro atoms. The van der Waals surface area contributed by atoms with Gasteiger partial charge in [-0.3, -0.25) is 4.79 Å². The topological polar surface area (TPSA) is 79.5 Å². The number of urea groups is 1. The highest BCUT2D eigenvalue weighted by Gasteiger charge is 2.14. The van der Waals surface area contributed by atoms with Crippen molar-refractivity contribution >= 4 is 23.3 Å². The molecule has 0 unspecified atom stereocenters. The second-order valence-electron chi connectivity index (χ2n) is 5.15. The molecule has 0 bridgehead atoms. The summed E-state index contributed by atoms with van der Waals surface area (Å²) in [6.07, 6.45) is 1.98. The lowest BCUT2D eigenvalue weighted by Crippen LogP contribution is -2.35. The SMILES string of the molecule is CC(=O)Nc1ccc(NC(=O)NCC2CCOCC2)cc1. The van der Waals surface area contributed by atoms with E-state index in [1.807, 2.05) is 0 Å². The number of carbonyl (C=O) groups is 2. The zero-order valence-electron chi connectivity index (χ0n) is 12.1. The van der Waals surface area contributed by atoms with Crippen LogP contribution in [0, 0.1) is 5.92 Å². The van der Waals surface area contributed by atoms with E-state index in [9.17, 15) is 9.59 Å². The standard InChI is InChI=1S/C15H21N3O3/c1-11(19)17-13-2-4-14(5-3-13)18-15(20)16-10-12-6-8-21-9-7-12/h2-5,12H,6-10H2,1H3,(H,17,19)(H2,16,18,20). The van der Waals surface area contributed by atoms with Crippen molar-refractivity contribution in [3.8, 4) is 0 Å². The molecule has 21 heavy (non-hydrogen) atoms. The summed E-state index contributed by atoms with van der Waals surface area (Å²) in [4.78, 5) is 22.7. The van der Waals surface area contributed by atoms with Gasteiger partial charge in [-0.15, -0.1) is 0 Å². The number of rotatable bonds is 4. The van der Waals surface area contributed by atoms with Crippen LogP contribution in [0.15, 0.2) is 24.3 Å². The summed E-state index contributed by atoms with van der Waals surface area (Å²) in [7, 11) is 0. The van der Waals surface area contributed by atoms with E-state index in [2.05, 4.69) is 16.0 Å². The first-order chi connectivity index (χ1) is 10.1. The Hall–Kier alpha value is -2.08. The molecule has 1 aliphatic rings. The van der Waals surface area contributed by atoms with Crippen molar-refractivity contribution in [1.29, 1.82) is 0 Å². The number of amides is 3. The zero-order chi connectivity index (χ0) is 15.1. The summed E-state index contributed by atoms with van der Waals surface area (Å²) in [5.41, 5.74) is 1.39. The maximum absolute atomic E-state index is 11.8. The van der Waals surface area contributed by atoms with Crippen LogP contribution in [0.5, 0.6) is 0 Å². The number of anilines is 2. The average molecular weight is 291 g/mol. The van der Waals surface area contributed by atoms with Gasteiger partial charge in [-0.1, -0.05) is 0 Å². The lowest BCUT2D eigenvalue weighted by molar-refractivity contribution is -0.114. The molecule has 1 saturated heterocycles. The van der Waals surface area contributed by atoms with Crippen molar-refractivity contribution in [2.24, 2.45) is 5.92 Å². The molecule has 114 valence electrons. The highest BCUT2D eigenvalue weighted by molar-refractivity contribution is 5.91. The molecule has 1 aromatic rings. The van der Waals surface area contributed by atoms with Crippen LogP contribution >= 0.6 is 0 Å². The summed E-state index contributed by atoms with van der Waals surface area (Å²) < 4.78 is 5.28. The van der Waals surface area contributed by atoms with Crippen molar-refractivity contribution in [3.05, 3.63) is 24.3 Å². The maximum atomic E-state index is 11.8. The van der Waals surface area contributed by atoms with E-state index in [1.54, 1.807) is 24.3 Å². The number of nitrogens with one attached hydrogen (secondary N) is 3.